The minimum Gasteiger partial charge on any atom is -0.491 e. The summed E-state index contributed by atoms with van der Waals surface area (Å²) in [5.41, 5.74) is 2.28. The van der Waals surface area contributed by atoms with Crippen molar-refractivity contribution in [1.29, 1.82) is 0 Å². The van der Waals surface area contributed by atoms with Crippen LogP contribution in [0.4, 0.5) is 15.8 Å². The molecule has 1 aliphatic rings. The number of rotatable bonds is 1. The van der Waals surface area contributed by atoms with Gasteiger partial charge in [0.15, 0.2) is 0 Å². The number of fused-ring (bicyclic) bond motifs is 2. The molecule has 0 saturated carbocycles. The summed E-state index contributed by atoms with van der Waals surface area (Å²) in [5.74, 6) is -0.721. The molecule has 0 spiro atoms. The van der Waals surface area contributed by atoms with Gasteiger partial charge < -0.3 is 10.4 Å². The van der Waals surface area contributed by atoms with Crippen molar-refractivity contribution in [3.63, 3.8) is 0 Å². The Balaban J connectivity index is 1.88. The average molecular weight is 344 g/mol. The molecule has 0 unspecified atom stereocenters. The van der Waals surface area contributed by atoms with E-state index < -0.39 is 5.82 Å². The van der Waals surface area contributed by atoms with Crippen molar-refractivity contribution in [1.82, 2.24) is 9.78 Å². The first-order valence-corrected chi connectivity index (χ1v) is 7.57. The lowest BCUT2D eigenvalue weighted by atomic mass is 9.99. The number of nitrogens with zero attached hydrogens (tertiary/aromatic N) is 2. The first-order chi connectivity index (χ1) is 11.5. The fraction of sp³-hybridized carbons (Fsp3) is 0.0588. The van der Waals surface area contributed by atoms with Crippen LogP contribution in [0, 0.1) is 5.82 Å². The Morgan fingerprint density at radius 3 is 2.71 bits per heavy atom. The summed E-state index contributed by atoms with van der Waals surface area (Å²) < 4.78 is 14.1. The molecule has 2 heterocycles. The Hall–Kier alpha value is -2.86. The molecule has 0 fully saturated rings. The summed E-state index contributed by atoms with van der Waals surface area (Å²) in [4.78, 5) is 12.8. The summed E-state index contributed by atoms with van der Waals surface area (Å²) in [6, 6.07) is 10.6. The monoisotopic (exact) mass is 343 g/mol. The lowest BCUT2D eigenvalue weighted by molar-refractivity contribution is 0.437. The standard InChI is InChI=1S/C17H11ClFN3O2/c18-10-2-1-9-7-13-15(20-14(9)8-10)16(23)21-22(17(13)24)12-5-3-11(19)4-6-12/h1-6,8,20H,7H2,(H,21,23). The molecule has 4 rings (SSSR count). The van der Waals surface area contributed by atoms with Gasteiger partial charge in [0, 0.05) is 17.1 Å². The van der Waals surface area contributed by atoms with Crippen molar-refractivity contribution in [3.05, 3.63) is 74.8 Å². The first kappa shape index (κ1) is 14.7. The molecule has 2 N–H and O–H groups in total. The largest absolute Gasteiger partial charge is 0.491 e. The van der Waals surface area contributed by atoms with Crippen molar-refractivity contribution in [3.8, 4) is 11.6 Å². The number of anilines is 2. The van der Waals surface area contributed by atoms with Gasteiger partial charge >= 0.3 is 0 Å². The van der Waals surface area contributed by atoms with Gasteiger partial charge in [-0.05, 0) is 42.0 Å². The van der Waals surface area contributed by atoms with Gasteiger partial charge in [-0.15, -0.1) is 5.10 Å². The Bertz CT molecular complexity index is 1020. The second kappa shape index (κ2) is 5.35. The van der Waals surface area contributed by atoms with Crippen molar-refractivity contribution >= 4 is 23.0 Å². The number of aromatic hydroxyl groups is 1. The summed E-state index contributed by atoms with van der Waals surface area (Å²) >= 11 is 5.98. The molecule has 3 aromatic rings. The van der Waals surface area contributed by atoms with Gasteiger partial charge in [0.1, 0.15) is 11.5 Å². The van der Waals surface area contributed by atoms with E-state index >= 15 is 0 Å². The molecule has 0 bridgehead atoms. The fourth-order valence-corrected chi connectivity index (χ4v) is 2.93. The highest BCUT2D eigenvalue weighted by Gasteiger charge is 2.24. The molecule has 0 atom stereocenters. The van der Waals surface area contributed by atoms with Crippen LogP contribution in [0.1, 0.15) is 11.1 Å². The van der Waals surface area contributed by atoms with Gasteiger partial charge in [-0.25, -0.2) is 4.39 Å². The maximum Gasteiger partial charge on any atom is 0.277 e. The highest BCUT2D eigenvalue weighted by atomic mass is 35.5. The molecule has 0 saturated heterocycles. The number of nitrogens with one attached hydrogen (secondary N) is 1. The summed E-state index contributed by atoms with van der Waals surface area (Å²) in [6.07, 6.45) is 0.338. The summed E-state index contributed by atoms with van der Waals surface area (Å²) in [6.45, 7) is 0. The quantitative estimate of drug-likeness (QED) is 0.556. The van der Waals surface area contributed by atoms with E-state index in [1.807, 2.05) is 6.07 Å². The van der Waals surface area contributed by atoms with Gasteiger partial charge in [0.25, 0.3) is 11.4 Å². The molecule has 5 nitrogen and oxygen atoms in total. The molecule has 120 valence electrons. The van der Waals surface area contributed by atoms with Crippen molar-refractivity contribution in [2.45, 2.75) is 6.42 Å². The third-order valence-corrected chi connectivity index (χ3v) is 4.18. The normalized spacial score (nSPS) is 12.2. The second-order valence-electron chi connectivity index (χ2n) is 5.47. The van der Waals surface area contributed by atoms with Crippen LogP contribution in [0.3, 0.4) is 0 Å². The van der Waals surface area contributed by atoms with E-state index in [1.165, 1.54) is 24.3 Å². The van der Waals surface area contributed by atoms with Gasteiger partial charge in [0.2, 0.25) is 0 Å². The van der Waals surface area contributed by atoms with Crippen LogP contribution in [-0.4, -0.2) is 14.9 Å². The Labute approximate surface area is 140 Å². The van der Waals surface area contributed by atoms with E-state index in [2.05, 4.69) is 10.4 Å². The van der Waals surface area contributed by atoms with Crippen molar-refractivity contribution < 1.29 is 9.50 Å². The Morgan fingerprint density at radius 2 is 1.96 bits per heavy atom. The third-order valence-electron chi connectivity index (χ3n) is 3.94. The van der Waals surface area contributed by atoms with Crippen molar-refractivity contribution in [2.24, 2.45) is 0 Å². The third kappa shape index (κ3) is 2.32. The Morgan fingerprint density at radius 1 is 1.21 bits per heavy atom. The number of benzene rings is 2. The maximum absolute atomic E-state index is 13.1. The van der Waals surface area contributed by atoms with Crippen LogP contribution >= 0.6 is 11.6 Å². The predicted molar refractivity (Wildman–Crippen MR) is 89.0 cm³/mol. The average Bonchev–Trinajstić information content (AvgIpc) is 2.57. The van der Waals surface area contributed by atoms with Crippen LogP contribution in [0.25, 0.3) is 5.69 Å². The maximum atomic E-state index is 13.1. The minimum atomic E-state index is -0.415. The fourth-order valence-electron chi connectivity index (χ4n) is 2.76. The highest BCUT2D eigenvalue weighted by Crippen LogP contribution is 2.36. The molecule has 2 aromatic carbocycles. The van der Waals surface area contributed by atoms with Crippen LogP contribution in [0.5, 0.6) is 5.88 Å². The lowest BCUT2D eigenvalue weighted by Crippen LogP contribution is -2.28. The molecular formula is C17H11ClFN3O2. The van der Waals surface area contributed by atoms with E-state index in [1.54, 1.807) is 12.1 Å². The van der Waals surface area contributed by atoms with Gasteiger partial charge in [-0.3, -0.25) is 4.79 Å². The van der Waals surface area contributed by atoms with E-state index in [0.29, 0.717) is 22.7 Å². The topological polar surface area (TPSA) is 67.1 Å². The van der Waals surface area contributed by atoms with E-state index in [9.17, 15) is 14.3 Å². The molecule has 1 aromatic heterocycles. The minimum absolute atomic E-state index is 0.271. The van der Waals surface area contributed by atoms with E-state index in [4.69, 9.17) is 11.6 Å². The van der Waals surface area contributed by atoms with E-state index in [-0.39, 0.29) is 17.1 Å². The van der Waals surface area contributed by atoms with Gasteiger partial charge in [0.05, 0.1) is 11.3 Å². The summed E-state index contributed by atoms with van der Waals surface area (Å²) in [7, 11) is 0. The number of halogens is 2. The SMILES string of the molecule is O=c1c2c(c(O)nn1-c1ccc(F)cc1)Nc1cc(Cl)ccc1C2. The van der Waals surface area contributed by atoms with Crippen molar-refractivity contribution in [2.75, 3.05) is 5.32 Å². The molecule has 1 aliphatic heterocycles. The first-order valence-electron chi connectivity index (χ1n) is 7.19. The summed E-state index contributed by atoms with van der Waals surface area (Å²) in [5, 5.41) is 17.7. The zero-order chi connectivity index (χ0) is 16.8. The lowest BCUT2D eigenvalue weighted by Gasteiger charge is -2.22. The second-order valence-corrected chi connectivity index (χ2v) is 5.91. The highest BCUT2D eigenvalue weighted by molar-refractivity contribution is 6.30. The molecule has 24 heavy (non-hydrogen) atoms. The zero-order valence-electron chi connectivity index (χ0n) is 12.3. The molecule has 0 amide bonds. The van der Waals surface area contributed by atoms with Crippen LogP contribution in [0.15, 0.2) is 47.3 Å². The van der Waals surface area contributed by atoms with Gasteiger partial charge in [-0.2, -0.15) is 4.68 Å². The van der Waals surface area contributed by atoms with E-state index in [0.717, 1.165) is 15.9 Å². The van der Waals surface area contributed by atoms with Crippen LogP contribution in [0.2, 0.25) is 5.02 Å². The predicted octanol–water partition coefficient (Wildman–Crippen LogP) is 3.38. The number of aromatic nitrogens is 2. The van der Waals surface area contributed by atoms with Gasteiger partial charge in [-0.1, -0.05) is 17.7 Å². The smallest absolute Gasteiger partial charge is 0.277 e. The van der Waals surface area contributed by atoms with Crippen LogP contribution < -0.4 is 10.9 Å². The molecule has 7 heteroatoms. The molecular weight excluding hydrogens is 333 g/mol. The zero-order valence-corrected chi connectivity index (χ0v) is 13.0. The molecule has 0 radical (unpaired) electrons. The van der Waals surface area contributed by atoms with Crippen LogP contribution in [-0.2, 0) is 6.42 Å². The Kier molecular flexibility index (Phi) is 3.28. The number of hydrogen-bond acceptors (Lipinski definition) is 4. The molecule has 0 aliphatic carbocycles. The number of hydrogen-bond donors (Lipinski definition) is 2.